The third-order valence-electron chi connectivity index (χ3n) is 4.68. The molecule has 0 aliphatic carbocycles. The monoisotopic (exact) mass is 309 g/mol. The Balaban J connectivity index is 1.72. The SMILES string of the molecule is CC1(COc2ccc3c(c2)NCCC3)CCCCS1(=O)=O. The number of hydrogen-bond donors (Lipinski definition) is 1. The van der Waals surface area contributed by atoms with Gasteiger partial charge in [0.25, 0.3) is 0 Å². The van der Waals surface area contributed by atoms with Gasteiger partial charge in [-0.1, -0.05) is 12.5 Å². The van der Waals surface area contributed by atoms with Crippen LogP contribution < -0.4 is 10.1 Å². The fourth-order valence-electron chi connectivity index (χ4n) is 3.12. The van der Waals surface area contributed by atoms with Crippen LogP contribution in [0.2, 0.25) is 0 Å². The summed E-state index contributed by atoms with van der Waals surface area (Å²) in [5.74, 6) is 1.05. The van der Waals surface area contributed by atoms with Gasteiger partial charge in [-0.25, -0.2) is 8.42 Å². The summed E-state index contributed by atoms with van der Waals surface area (Å²) >= 11 is 0. The zero-order valence-corrected chi connectivity index (χ0v) is 13.3. The first kappa shape index (κ1) is 14.7. The molecule has 1 unspecified atom stereocenters. The van der Waals surface area contributed by atoms with Gasteiger partial charge < -0.3 is 10.1 Å². The Hall–Kier alpha value is -1.23. The zero-order chi connectivity index (χ0) is 14.9. The van der Waals surface area contributed by atoms with Crippen molar-refractivity contribution in [3.63, 3.8) is 0 Å². The molecular formula is C16H23NO3S. The fourth-order valence-corrected chi connectivity index (χ4v) is 4.89. The van der Waals surface area contributed by atoms with Crippen LogP contribution in [0, 0.1) is 0 Å². The second-order valence-electron chi connectivity index (χ2n) is 6.36. The van der Waals surface area contributed by atoms with Crippen LogP contribution in [0.4, 0.5) is 5.69 Å². The highest BCUT2D eigenvalue weighted by molar-refractivity contribution is 7.92. The summed E-state index contributed by atoms with van der Waals surface area (Å²) in [6, 6.07) is 6.02. The van der Waals surface area contributed by atoms with Crippen LogP contribution in [0.1, 0.15) is 38.2 Å². The number of ether oxygens (including phenoxy) is 1. The van der Waals surface area contributed by atoms with Crippen molar-refractivity contribution in [2.75, 3.05) is 24.2 Å². The maximum atomic E-state index is 12.3. The number of hydrogen-bond acceptors (Lipinski definition) is 4. The number of benzene rings is 1. The molecule has 2 heterocycles. The average Bonchev–Trinajstić information content (AvgIpc) is 2.48. The first-order chi connectivity index (χ1) is 10.0. The van der Waals surface area contributed by atoms with E-state index in [1.807, 2.05) is 19.1 Å². The Kier molecular flexibility index (Phi) is 3.86. The second kappa shape index (κ2) is 5.52. The van der Waals surface area contributed by atoms with Crippen molar-refractivity contribution >= 4 is 15.5 Å². The Morgan fingerprint density at radius 1 is 1.29 bits per heavy atom. The molecule has 5 heteroatoms. The molecular weight excluding hydrogens is 286 g/mol. The highest BCUT2D eigenvalue weighted by atomic mass is 32.2. The maximum Gasteiger partial charge on any atom is 0.159 e. The van der Waals surface area contributed by atoms with Crippen molar-refractivity contribution in [3.8, 4) is 5.75 Å². The lowest BCUT2D eigenvalue weighted by Crippen LogP contribution is -2.45. The lowest BCUT2D eigenvalue weighted by Gasteiger charge is -2.33. The van der Waals surface area contributed by atoms with Gasteiger partial charge >= 0.3 is 0 Å². The molecule has 0 aromatic heterocycles. The van der Waals surface area contributed by atoms with Crippen molar-refractivity contribution < 1.29 is 13.2 Å². The summed E-state index contributed by atoms with van der Waals surface area (Å²) in [5.41, 5.74) is 2.43. The molecule has 3 rings (SSSR count). The van der Waals surface area contributed by atoms with E-state index in [0.717, 1.165) is 43.7 Å². The third-order valence-corrected chi connectivity index (χ3v) is 7.33. The lowest BCUT2D eigenvalue weighted by molar-refractivity contribution is 0.257. The summed E-state index contributed by atoms with van der Waals surface area (Å²) in [5, 5.41) is 3.37. The summed E-state index contributed by atoms with van der Waals surface area (Å²) in [6.07, 6.45) is 4.68. The summed E-state index contributed by atoms with van der Waals surface area (Å²) in [6.45, 7) is 3.05. The molecule has 2 aliphatic rings. The van der Waals surface area contributed by atoms with Crippen LogP contribution in [0.15, 0.2) is 18.2 Å². The van der Waals surface area contributed by atoms with Crippen molar-refractivity contribution in [1.82, 2.24) is 0 Å². The number of anilines is 1. The van der Waals surface area contributed by atoms with E-state index in [4.69, 9.17) is 4.74 Å². The van der Waals surface area contributed by atoms with Crippen molar-refractivity contribution in [2.24, 2.45) is 0 Å². The van der Waals surface area contributed by atoms with E-state index < -0.39 is 14.6 Å². The first-order valence-corrected chi connectivity index (χ1v) is 9.37. The fraction of sp³-hybridized carbons (Fsp3) is 0.625. The maximum absolute atomic E-state index is 12.3. The van der Waals surface area contributed by atoms with E-state index in [2.05, 4.69) is 11.4 Å². The normalized spacial score (nSPS) is 27.5. The highest BCUT2D eigenvalue weighted by Crippen LogP contribution is 2.32. The molecule has 0 radical (unpaired) electrons. The Bertz CT molecular complexity index is 626. The lowest BCUT2D eigenvalue weighted by atomic mass is 10.0. The van der Waals surface area contributed by atoms with E-state index in [-0.39, 0.29) is 6.61 Å². The molecule has 1 aromatic carbocycles. The minimum Gasteiger partial charge on any atom is -0.492 e. The second-order valence-corrected chi connectivity index (χ2v) is 8.99. The van der Waals surface area contributed by atoms with Gasteiger partial charge in [0.05, 0.1) is 5.75 Å². The summed E-state index contributed by atoms with van der Waals surface area (Å²) < 4.78 is 29.6. The van der Waals surface area contributed by atoms with E-state index in [1.165, 1.54) is 5.56 Å². The largest absolute Gasteiger partial charge is 0.492 e. The Morgan fingerprint density at radius 2 is 2.14 bits per heavy atom. The molecule has 2 aliphatic heterocycles. The van der Waals surface area contributed by atoms with Gasteiger partial charge in [0.1, 0.15) is 17.1 Å². The van der Waals surface area contributed by atoms with Gasteiger partial charge in [0, 0.05) is 18.3 Å². The van der Waals surface area contributed by atoms with Crippen molar-refractivity contribution in [3.05, 3.63) is 23.8 Å². The van der Waals surface area contributed by atoms with Crippen LogP contribution in [0.3, 0.4) is 0 Å². The predicted octanol–water partition coefficient (Wildman–Crippen LogP) is 2.78. The van der Waals surface area contributed by atoms with Gasteiger partial charge in [0.2, 0.25) is 0 Å². The van der Waals surface area contributed by atoms with Crippen molar-refractivity contribution in [2.45, 2.75) is 43.8 Å². The molecule has 1 fully saturated rings. The minimum absolute atomic E-state index is 0.244. The van der Waals surface area contributed by atoms with Gasteiger partial charge in [-0.05, 0) is 44.2 Å². The Labute approximate surface area is 126 Å². The van der Waals surface area contributed by atoms with E-state index in [0.29, 0.717) is 12.2 Å². The summed E-state index contributed by atoms with van der Waals surface area (Å²) in [7, 11) is -3.05. The van der Waals surface area contributed by atoms with Crippen LogP contribution in [-0.4, -0.2) is 32.1 Å². The molecule has 4 nitrogen and oxygen atoms in total. The standard InChI is InChI=1S/C16H23NO3S/c1-16(8-2-3-10-21(16,18)19)12-20-14-7-6-13-5-4-9-17-15(13)11-14/h6-7,11,17H,2-5,8-10,12H2,1H3. The average molecular weight is 309 g/mol. The molecule has 0 saturated carbocycles. The minimum atomic E-state index is -3.05. The predicted molar refractivity (Wildman–Crippen MR) is 84.8 cm³/mol. The number of aryl methyl sites for hydroxylation is 1. The van der Waals surface area contributed by atoms with Crippen LogP contribution in [-0.2, 0) is 16.3 Å². The topological polar surface area (TPSA) is 55.4 Å². The first-order valence-electron chi connectivity index (χ1n) is 7.72. The molecule has 1 saturated heterocycles. The number of fused-ring (bicyclic) bond motifs is 1. The molecule has 0 bridgehead atoms. The molecule has 0 amide bonds. The molecule has 1 atom stereocenters. The van der Waals surface area contributed by atoms with Crippen LogP contribution in [0.25, 0.3) is 0 Å². The van der Waals surface area contributed by atoms with Crippen molar-refractivity contribution in [1.29, 1.82) is 0 Å². The van der Waals surface area contributed by atoms with Crippen LogP contribution in [0.5, 0.6) is 5.75 Å². The molecule has 1 N–H and O–H groups in total. The quantitative estimate of drug-likeness (QED) is 0.933. The van der Waals surface area contributed by atoms with E-state index in [1.54, 1.807) is 0 Å². The number of rotatable bonds is 3. The molecule has 1 aromatic rings. The van der Waals surface area contributed by atoms with Gasteiger partial charge in [0.15, 0.2) is 9.84 Å². The van der Waals surface area contributed by atoms with E-state index in [9.17, 15) is 8.42 Å². The third kappa shape index (κ3) is 2.89. The highest BCUT2D eigenvalue weighted by Gasteiger charge is 2.41. The zero-order valence-electron chi connectivity index (χ0n) is 12.5. The molecule has 116 valence electrons. The smallest absolute Gasteiger partial charge is 0.159 e. The number of sulfone groups is 1. The van der Waals surface area contributed by atoms with Gasteiger partial charge in [-0.15, -0.1) is 0 Å². The van der Waals surface area contributed by atoms with Crippen LogP contribution >= 0.6 is 0 Å². The summed E-state index contributed by atoms with van der Waals surface area (Å²) in [4.78, 5) is 0. The van der Waals surface area contributed by atoms with Gasteiger partial charge in [-0.3, -0.25) is 0 Å². The van der Waals surface area contributed by atoms with E-state index >= 15 is 0 Å². The molecule has 0 spiro atoms. The Morgan fingerprint density at radius 3 is 2.95 bits per heavy atom. The molecule has 21 heavy (non-hydrogen) atoms. The number of nitrogens with one attached hydrogen (secondary N) is 1. The van der Waals surface area contributed by atoms with Gasteiger partial charge in [-0.2, -0.15) is 0 Å².